The Morgan fingerprint density at radius 3 is 2.53 bits per heavy atom. The van der Waals surface area contributed by atoms with Crippen molar-refractivity contribution in [2.75, 3.05) is 5.32 Å². The number of hydrogen-bond donors (Lipinski definition) is 2. The molecule has 3 aromatic carbocycles. The van der Waals surface area contributed by atoms with Crippen LogP contribution in [0.25, 0.3) is 0 Å². The van der Waals surface area contributed by atoms with E-state index in [0.29, 0.717) is 29.3 Å². The summed E-state index contributed by atoms with van der Waals surface area (Å²) in [5, 5.41) is 16.5. The van der Waals surface area contributed by atoms with E-state index in [1.54, 1.807) is 6.07 Å². The third kappa shape index (κ3) is 5.09. The molecule has 174 valence electrons. The summed E-state index contributed by atoms with van der Waals surface area (Å²) in [4.78, 5) is 30.5. The first-order valence-electron chi connectivity index (χ1n) is 11.0. The van der Waals surface area contributed by atoms with Crippen molar-refractivity contribution in [3.05, 3.63) is 95.1 Å². The third-order valence-electron chi connectivity index (χ3n) is 5.70. The fraction of sp³-hybridized carbons (Fsp3) is 0.222. The van der Waals surface area contributed by atoms with Crippen LogP contribution in [0, 0.1) is 13.8 Å². The lowest BCUT2D eigenvalue weighted by molar-refractivity contribution is -0.152. The molecule has 1 aliphatic heterocycles. The fourth-order valence-corrected chi connectivity index (χ4v) is 3.92. The summed E-state index contributed by atoms with van der Waals surface area (Å²) < 4.78 is 6.01. The number of aryl methyl sites for hydroxylation is 2. The van der Waals surface area contributed by atoms with E-state index < -0.39 is 23.9 Å². The van der Waals surface area contributed by atoms with Gasteiger partial charge in [-0.15, -0.1) is 0 Å². The molecule has 7 nitrogen and oxygen atoms in total. The lowest BCUT2D eigenvalue weighted by Gasteiger charge is -2.24. The van der Waals surface area contributed by atoms with Crippen LogP contribution in [0.3, 0.4) is 0 Å². The smallest absolute Gasteiger partial charge is 0.308 e. The maximum Gasteiger partial charge on any atom is 0.308 e. The van der Waals surface area contributed by atoms with Gasteiger partial charge in [-0.05, 0) is 43.2 Å². The molecule has 1 amide bonds. The summed E-state index contributed by atoms with van der Waals surface area (Å²) in [7, 11) is 0. The molecule has 4 rings (SSSR count). The summed E-state index contributed by atoms with van der Waals surface area (Å²) in [5.41, 5.74) is 3.00. The van der Waals surface area contributed by atoms with Crippen molar-refractivity contribution in [1.29, 1.82) is 0 Å². The van der Waals surface area contributed by atoms with Gasteiger partial charge in [-0.2, -0.15) is 0 Å². The lowest BCUT2D eigenvalue weighted by atomic mass is 9.89. The highest BCUT2D eigenvalue weighted by atomic mass is 16.7. The van der Waals surface area contributed by atoms with Crippen molar-refractivity contribution >= 4 is 23.3 Å². The molecular weight excluding hydrogens is 432 g/mol. The van der Waals surface area contributed by atoms with Gasteiger partial charge in [0.25, 0.3) is 5.91 Å². The van der Waals surface area contributed by atoms with E-state index in [-0.39, 0.29) is 6.42 Å². The number of carboxylic acids is 1. The Kier molecular flexibility index (Phi) is 6.63. The predicted molar refractivity (Wildman–Crippen MR) is 129 cm³/mol. The van der Waals surface area contributed by atoms with Crippen LogP contribution in [-0.2, 0) is 21.0 Å². The van der Waals surface area contributed by atoms with Crippen molar-refractivity contribution < 1.29 is 24.3 Å². The molecule has 1 atom stereocenters. The van der Waals surface area contributed by atoms with Crippen LogP contribution in [0.1, 0.15) is 35.1 Å². The summed E-state index contributed by atoms with van der Waals surface area (Å²) in [5.74, 6) is -1.13. The number of oxime groups is 1. The minimum absolute atomic E-state index is 0.00174. The highest BCUT2D eigenvalue weighted by molar-refractivity contribution is 6.10. The summed E-state index contributed by atoms with van der Waals surface area (Å²) in [6.45, 7) is 4.20. The molecule has 2 N–H and O–H groups in total. The molecule has 0 fully saturated rings. The molecule has 1 aliphatic rings. The van der Waals surface area contributed by atoms with E-state index >= 15 is 0 Å². The zero-order valence-electron chi connectivity index (χ0n) is 19.1. The van der Waals surface area contributed by atoms with E-state index in [1.807, 2.05) is 80.6 Å². The molecule has 0 saturated carbocycles. The number of carbonyl (C=O) groups excluding carboxylic acids is 1. The predicted octanol–water partition coefficient (Wildman–Crippen LogP) is 4.86. The molecule has 3 aromatic rings. The van der Waals surface area contributed by atoms with Crippen LogP contribution >= 0.6 is 0 Å². The van der Waals surface area contributed by atoms with Gasteiger partial charge in [0.05, 0.1) is 12.1 Å². The SMILES string of the molecule is Cc1ccc(NC(=O)[C@@]2(CC(=O)O)CC(c3ccccc3OCc3ccccc3)=NO2)c(C)c1. The number of anilines is 1. The Morgan fingerprint density at radius 2 is 1.79 bits per heavy atom. The van der Waals surface area contributed by atoms with Crippen LogP contribution in [0.5, 0.6) is 5.75 Å². The van der Waals surface area contributed by atoms with Crippen molar-refractivity contribution in [2.45, 2.75) is 38.9 Å². The van der Waals surface area contributed by atoms with Gasteiger partial charge in [0.15, 0.2) is 0 Å². The molecule has 0 aliphatic carbocycles. The van der Waals surface area contributed by atoms with Crippen molar-refractivity contribution in [3.63, 3.8) is 0 Å². The standard InChI is InChI=1S/C27H26N2O5/c1-18-12-13-22(19(2)14-18)28-26(32)27(16-25(30)31)15-23(29-34-27)21-10-6-7-11-24(21)33-17-20-8-4-3-5-9-20/h3-14H,15-17H2,1-2H3,(H,28,32)(H,30,31)/t27-/m0/s1. The van der Waals surface area contributed by atoms with Gasteiger partial charge in [-0.3, -0.25) is 9.59 Å². The molecule has 0 spiro atoms. The third-order valence-corrected chi connectivity index (χ3v) is 5.70. The Morgan fingerprint density at radius 1 is 1.06 bits per heavy atom. The number of carboxylic acid groups (broad SMARTS) is 1. The van der Waals surface area contributed by atoms with E-state index in [0.717, 1.165) is 16.7 Å². The number of para-hydroxylation sites is 1. The second-order valence-corrected chi connectivity index (χ2v) is 8.41. The van der Waals surface area contributed by atoms with Crippen LogP contribution in [0.15, 0.2) is 78.0 Å². The highest BCUT2D eigenvalue weighted by Crippen LogP contribution is 2.34. The zero-order chi connectivity index (χ0) is 24.1. The van der Waals surface area contributed by atoms with Crippen molar-refractivity contribution in [3.8, 4) is 5.75 Å². The van der Waals surface area contributed by atoms with Crippen LogP contribution in [-0.4, -0.2) is 28.3 Å². The lowest BCUT2D eigenvalue weighted by Crippen LogP contribution is -2.45. The van der Waals surface area contributed by atoms with Gasteiger partial charge in [0, 0.05) is 17.7 Å². The number of amides is 1. The van der Waals surface area contributed by atoms with Gasteiger partial charge >= 0.3 is 5.97 Å². The number of hydrogen-bond acceptors (Lipinski definition) is 5. The minimum Gasteiger partial charge on any atom is -0.488 e. The minimum atomic E-state index is -1.66. The molecule has 34 heavy (non-hydrogen) atoms. The second-order valence-electron chi connectivity index (χ2n) is 8.41. The molecule has 0 saturated heterocycles. The van der Waals surface area contributed by atoms with Crippen LogP contribution in [0.2, 0.25) is 0 Å². The number of ether oxygens (including phenoxy) is 1. The van der Waals surface area contributed by atoms with Gasteiger partial charge in [-0.1, -0.05) is 65.3 Å². The first-order chi connectivity index (χ1) is 16.4. The molecule has 0 radical (unpaired) electrons. The molecule has 0 aromatic heterocycles. The van der Waals surface area contributed by atoms with Crippen LogP contribution < -0.4 is 10.1 Å². The molecule has 7 heteroatoms. The fourth-order valence-electron chi connectivity index (χ4n) is 3.92. The summed E-state index contributed by atoms with van der Waals surface area (Å²) >= 11 is 0. The van der Waals surface area contributed by atoms with Gasteiger partial charge in [-0.25, -0.2) is 0 Å². The van der Waals surface area contributed by atoms with E-state index in [1.165, 1.54) is 0 Å². The maximum atomic E-state index is 13.3. The van der Waals surface area contributed by atoms with E-state index in [4.69, 9.17) is 9.57 Å². The normalized spacial score (nSPS) is 16.9. The van der Waals surface area contributed by atoms with Crippen molar-refractivity contribution in [2.24, 2.45) is 5.16 Å². The average Bonchev–Trinajstić information content (AvgIpc) is 3.25. The van der Waals surface area contributed by atoms with Gasteiger partial charge < -0.3 is 20.0 Å². The Balaban J connectivity index is 1.55. The Labute approximate surface area is 198 Å². The molecule has 1 heterocycles. The number of rotatable bonds is 8. The number of benzene rings is 3. The number of nitrogens with zero attached hydrogens (tertiary/aromatic N) is 1. The monoisotopic (exact) mass is 458 g/mol. The van der Waals surface area contributed by atoms with E-state index in [9.17, 15) is 14.7 Å². The molecular formula is C27H26N2O5. The number of nitrogens with one attached hydrogen (secondary N) is 1. The molecule has 0 bridgehead atoms. The number of carbonyl (C=O) groups is 2. The highest BCUT2D eigenvalue weighted by Gasteiger charge is 2.49. The maximum absolute atomic E-state index is 13.3. The topological polar surface area (TPSA) is 97.2 Å². The molecule has 0 unspecified atom stereocenters. The summed E-state index contributed by atoms with van der Waals surface area (Å²) in [6.07, 6.45) is -0.522. The van der Waals surface area contributed by atoms with Gasteiger partial charge in [0.1, 0.15) is 12.4 Å². The number of aliphatic carboxylic acids is 1. The van der Waals surface area contributed by atoms with Crippen LogP contribution in [0.4, 0.5) is 5.69 Å². The largest absolute Gasteiger partial charge is 0.488 e. The quantitative estimate of drug-likeness (QED) is 0.503. The Hall–Kier alpha value is -4.13. The first-order valence-corrected chi connectivity index (χ1v) is 11.0. The second kappa shape index (κ2) is 9.79. The van der Waals surface area contributed by atoms with Gasteiger partial charge in [0.2, 0.25) is 5.60 Å². The van der Waals surface area contributed by atoms with Crippen molar-refractivity contribution in [1.82, 2.24) is 0 Å². The van der Waals surface area contributed by atoms with E-state index in [2.05, 4.69) is 10.5 Å². The first kappa shape index (κ1) is 23.0. The Bertz CT molecular complexity index is 1240. The zero-order valence-corrected chi connectivity index (χ0v) is 19.1. The average molecular weight is 459 g/mol. The summed E-state index contributed by atoms with van der Waals surface area (Å²) in [6, 6.07) is 22.7.